The molecule has 28 heavy (non-hydrogen) atoms. The van der Waals surface area contributed by atoms with Crippen LogP contribution in [0.2, 0.25) is 0 Å². The number of fused-ring (bicyclic) bond motifs is 3. The van der Waals surface area contributed by atoms with Crippen molar-refractivity contribution in [2.24, 2.45) is 0 Å². The van der Waals surface area contributed by atoms with Gasteiger partial charge in [0, 0.05) is 5.92 Å². The average molecular weight is 377 g/mol. The van der Waals surface area contributed by atoms with E-state index in [2.05, 4.69) is 5.32 Å². The Morgan fingerprint density at radius 2 is 1.57 bits per heavy atom. The molecule has 1 amide bonds. The lowest BCUT2D eigenvalue weighted by Crippen LogP contribution is -2.19. The van der Waals surface area contributed by atoms with Crippen molar-refractivity contribution in [3.8, 4) is 11.1 Å². The molecule has 6 heteroatoms. The monoisotopic (exact) mass is 377 g/mol. The fourth-order valence-corrected chi connectivity index (χ4v) is 3.55. The van der Waals surface area contributed by atoms with Crippen LogP contribution in [0.15, 0.2) is 66.7 Å². The minimum Gasteiger partial charge on any atom is -0.478 e. The van der Waals surface area contributed by atoms with Crippen LogP contribution in [-0.2, 0) is 4.74 Å². The summed E-state index contributed by atoms with van der Waals surface area (Å²) in [5.74, 6) is -2.04. The van der Waals surface area contributed by atoms with Crippen LogP contribution in [0, 0.1) is 5.82 Å². The molecule has 1 aliphatic carbocycles. The molecule has 0 heterocycles. The standard InChI is InChI=1S/C22H16FNO4/c23-13-9-10-18(21(25)26)20(11-13)24-22(27)28-12-19-16-7-3-1-5-14(16)15-6-2-4-8-17(15)19/h1-11,19H,12H2,(H,24,27)(H,25,26). The van der Waals surface area contributed by atoms with Crippen LogP contribution < -0.4 is 5.32 Å². The number of carbonyl (C=O) groups is 2. The fourth-order valence-electron chi connectivity index (χ4n) is 3.55. The summed E-state index contributed by atoms with van der Waals surface area (Å²) in [4.78, 5) is 23.5. The molecule has 4 rings (SSSR count). The summed E-state index contributed by atoms with van der Waals surface area (Å²) in [7, 11) is 0. The fraction of sp³-hybridized carbons (Fsp3) is 0.0909. The number of anilines is 1. The summed E-state index contributed by atoms with van der Waals surface area (Å²) in [6.07, 6.45) is -0.838. The van der Waals surface area contributed by atoms with E-state index in [0.29, 0.717) is 0 Å². The lowest BCUT2D eigenvalue weighted by Gasteiger charge is -2.15. The highest BCUT2D eigenvalue weighted by Gasteiger charge is 2.29. The van der Waals surface area contributed by atoms with Gasteiger partial charge in [0.25, 0.3) is 0 Å². The third-order valence-corrected chi connectivity index (χ3v) is 4.79. The summed E-state index contributed by atoms with van der Waals surface area (Å²) in [6.45, 7) is 0.0809. The molecule has 140 valence electrons. The van der Waals surface area contributed by atoms with Crippen LogP contribution in [-0.4, -0.2) is 23.8 Å². The first-order valence-electron chi connectivity index (χ1n) is 8.69. The number of benzene rings is 3. The Morgan fingerprint density at radius 3 is 2.18 bits per heavy atom. The third kappa shape index (κ3) is 3.20. The first-order chi connectivity index (χ1) is 13.5. The summed E-state index contributed by atoms with van der Waals surface area (Å²) in [5, 5.41) is 11.5. The van der Waals surface area contributed by atoms with Gasteiger partial charge in [-0.25, -0.2) is 14.0 Å². The molecule has 0 atom stereocenters. The number of halogens is 1. The zero-order chi connectivity index (χ0) is 19.7. The Bertz CT molecular complexity index is 1030. The number of ether oxygens (including phenoxy) is 1. The number of aromatic carboxylic acids is 1. The lowest BCUT2D eigenvalue weighted by molar-refractivity contribution is 0.0698. The average Bonchev–Trinajstić information content (AvgIpc) is 3.00. The van der Waals surface area contributed by atoms with Crippen molar-refractivity contribution in [3.63, 3.8) is 0 Å². The van der Waals surface area contributed by atoms with E-state index in [4.69, 9.17) is 4.74 Å². The van der Waals surface area contributed by atoms with E-state index in [-0.39, 0.29) is 23.8 Å². The highest BCUT2D eigenvalue weighted by Crippen LogP contribution is 2.44. The normalized spacial score (nSPS) is 12.2. The second-order valence-corrected chi connectivity index (χ2v) is 6.45. The molecule has 1 aliphatic rings. The van der Waals surface area contributed by atoms with Gasteiger partial charge in [0.2, 0.25) is 0 Å². The Morgan fingerprint density at radius 1 is 0.964 bits per heavy atom. The van der Waals surface area contributed by atoms with E-state index < -0.39 is 17.9 Å². The summed E-state index contributed by atoms with van der Waals surface area (Å²) in [5.41, 5.74) is 3.97. The zero-order valence-corrected chi connectivity index (χ0v) is 14.7. The van der Waals surface area contributed by atoms with Gasteiger partial charge in [0.1, 0.15) is 12.4 Å². The van der Waals surface area contributed by atoms with Crippen LogP contribution in [0.4, 0.5) is 14.9 Å². The molecule has 3 aromatic carbocycles. The Kier molecular flexibility index (Phi) is 4.53. The molecular formula is C22H16FNO4. The number of carboxylic acid groups (broad SMARTS) is 1. The molecule has 0 aromatic heterocycles. The molecule has 3 aromatic rings. The number of hydrogen-bond donors (Lipinski definition) is 2. The largest absolute Gasteiger partial charge is 0.478 e. The van der Waals surface area contributed by atoms with Gasteiger partial charge in [0.05, 0.1) is 11.3 Å². The van der Waals surface area contributed by atoms with Crippen LogP contribution in [0.3, 0.4) is 0 Å². The van der Waals surface area contributed by atoms with Crippen molar-refractivity contribution in [2.75, 3.05) is 11.9 Å². The van der Waals surface area contributed by atoms with E-state index >= 15 is 0 Å². The van der Waals surface area contributed by atoms with Crippen LogP contribution in [0.25, 0.3) is 11.1 Å². The molecule has 0 bridgehead atoms. The number of hydrogen-bond acceptors (Lipinski definition) is 3. The third-order valence-electron chi connectivity index (χ3n) is 4.79. The highest BCUT2D eigenvalue weighted by atomic mass is 19.1. The van der Waals surface area contributed by atoms with Crippen molar-refractivity contribution in [3.05, 3.63) is 89.2 Å². The van der Waals surface area contributed by atoms with Gasteiger partial charge in [-0.3, -0.25) is 5.32 Å². The van der Waals surface area contributed by atoms with Crippen molar-refractivity contribution in [2.45, 2.75) is 5.92 Å². The van der Waals surface area contributed by atoms with Gasteiger partial charge in [-0.1, -0.05) is 48.5 Å². The van der Waals surface area contributed by atoms with Crippen molar-refractivity contribution in [1.82, 2.24) is 0 Å². The Hall–Kier alpha value is -3.67. The molecule has 0 unspecified atom stereocenters. The predicted molar refractivity (Wildman–Crippen MR) is 102 cm³/mol. The van der Waals surface area contributed by atoms with Crippen LogP contribution in [0.1, 0.15) is 27.4 Å². The summed E-state index contributed by atoms with van der Waals surface area (Å²) < 4.78 is 18.8. The molecule has 0 aliphatic heterocycles. The molecule has 0 radical (unpaired) electrons. The first kappa shape index (κ1) is 17.7. The first-order valence-corrected chi connectivity index (χ1v) is 8.69. The van der Waals surface area contributed by atoms with Gasteiger partial charge in [-0.05, 0) is 40.5 Å². The van der Waals surface area contributed by atoms with Crippen LogP contribution >= 0.6 is 0 Å². The SMILES string of the molecule is O=C(Nc1cc(F)ccc1C(=O)O)OCC1c2ccccc2-c2ccccc21. The molecule has 0 saturated heterocycles. The summed E-state index contributed by atoms with van der Waals surface area (Å²) in [6, 6.07) is 18.9. The smallest absolute Gasteiger partial charge is 0.411 e. The van der Waals surface area contributed by atoms with Gasteiger partial charge >= 0.3 is 12.1 Å². The maximum Gasteiger partial charge on any atom is 0.411 e. The molecule has 0 saturated carbocycles. The maximum absolute atomic E-state index is 13.4. The topological polar surface area (TPSA) is 75.6 Å². The molecule has 5 nitrogen and oxygen atoms in total. The maximum atomic E-state index is 13.4. The second kappa shape index (κ2) is 7.15. The van der Waals surface area contributed by atoms with Crippen molar-refractivity contribution in [1.29, 1.82) is 0 Å². The van der Waals surface area contributed by atoms with E-state index in [1.165, 1.54) is 0 Å². The van der Waals surface area contributed by atoms with Crippen molar-refractivity contribution >= 4 is 17.7 Å². The van der Waals surface area contributed by atoms with Gasteiger partial charge in [-0.15, -0.1) is 0 Å². The summed E-state index contributed by atoms with van der Waals surface area (Å²) >= 11 is 0. The van der Waals surface area contributed by atoms with Crippen LogP contribution in [0.5, 0.6) is 0 Å². The number of carbonyl (C=O) groups excluding carboxylic acids is 1. The van der Waals surface area contributed by atoms with Gasteiger partial charge in [-0.2, -0.15) is 0 Å². The van der Waals surface area contributed by atoms with E-state index in [1.54, 1.807) is 0 Å². The Labute approximate surface area is 160 Å². The zero-order valence-electron chi connectivity index (χ0n) is 14.7. The van der Waals surface area contributed by atoms with Gasteiger partial charge < -0.3 is 9.84 Å². The number of carboxylic acids is 1. The lowest BCUT2D eigenvalue weighted by atomic mass is 9.98. The number of nitrogens with one attached hydrogen (secondary N) is 1. The Balaban J connectivity index is 1.52. The van der Waals surface area contributed by atoms with E-state index in [0.717, 1.165) is 40.5 Å². The highest BCUT2D eigenvalue weighted by molar-refractivity contribution is 5.98. The van der Waals surface area contributed by atoms with E-state index in [1.807, 2.05) is 48.5 Å². The van der Waals surface area contributed by atoms with Crippen molar-refractivity contribution < 1.29 is 23.8 Å². The minimum absolute atomic E-state index is 0.0809. The molecule has 2 N–H and O–H groups in total. The number of rotatable bonds is 4. The number of amides is 1. The molecule has 0 spiro atoms. The quantitative estimate of drug-likeness (QED) is 0.679. The molecule has 0 fully saturated rings. The minimum atomic E-state index is -1.27. The predicted octanol–water partition coefficient (Wildman–Crippen LogP) is 4.88. The van der Waals surface area contributed by atoms with E-state index in [9.17, 15) is 19.1 Å². The second-order valence-electron chi connectivity index (χ2n) is 6.45. The van der Waals surface area contributed by atoms with Gasteiger partial charge in [0.15, 0.2) is 0 Å². The molecular weight excluding hydrogens is 361 g/mol.